The molecule has 0 saturated heterocycles. The highest BCUT2D eigenvalue weighted by molar-refractivity contribution is 6.16. The number of methoxy groups -OCH3 is 1. The van der Waals surface area contributed by atoms with Crippen LogP contribution in [0.1, 0.15) is 17.5 Å². The van der Waals surface area contributed by atoms with E-state index in [9.17, 15) is 0 Å². The molecule has 2 aromatic rings. The number of rotatable bonds is 3. The first kappa shape index (κ1) is 12.7. The van der Waals surface area contributed by atoms with Gasteiger partial charge in [0.15, 0.2) is 0 Å². The van der Waals surface area contributed by atoms with E-state index in [4.69, 9.17) is 4.74 Å². The Morgan fingerprint density at radius 3 is 2.55 bits per heavy atom. The summed E-state index contributed by atoms with van der Waals surface area (Å²) in [6.45, 7) is 0.866. The predicted molar refractivity (Wildman–Crippen MR) is 83.4 cm³/mol. The van der Waals surface area contributed by atoms with E-state index < -0.39 is 0 Å². The maximum absolute atomic E-state index is 5.41. The number of benzene rings is 2. The second kappa shape index (κ2) is 5.74. The van der Waals surface area contributed by atoms with E-state index in [0.29, 0.717) is 0 Å². The maximum atomic E-state index is 5.41. The molecule has 0 saturated carbocycles. The van der Waals surface area contributed by atoms with Crippen LogP contribution in [0.4, 0.5) is 0 Å². The standard InChI is InChI=1S/C18H17NO/c1-20-17-10-6-5-9-15(17)13-16-11-12-19-18(16)14-7-3-2-4-8-14/h2-10,13H,11-12H2,1H3/b16-13-. The summed E-state index contributed by atoms with van der Waals surface area (Å²) in [6.07, 6.45) is 3.18. The van der Waals surface area contributed by atoms with E-state index in [-0.39, 0.29) is 0 Å². The first-order valence-corrected chi connectivity index (χ1v) is 6.82. The van der Waals surface area contributed by atoms with Crippen LogP contribution in [0.2, 0.25) is 0 Å². The molecule has 0 aromatic heterocycles. The Morgan fingerprint density at radius 1 is 1.00 bits per heavy atom. The van der Waals surface area contributed by atoms with Crippen molar-refractivity contribution in [2.75, 3.05) is 13.7 Å². The Bertz CT molecular complexity index is 656. The van der Waals surface area contributed by atoms with Gasteiger partial charge in [-0.2, -0.15) is 0 Å². The van der Waals surface area contributed by atoms with Crippen molar-refractivity contribution in [2.45, 2.75) is 6.42 Å². The highest BCUT2D eigenvalue weighted by Gasteiger charge is 2.15. The molecule has 0 bridgehead atoms. The van der Waals surface area contributed by atoms with Crippen molar-refractivity contribution in [3.05, 3.63) is 71.3 Å². The van der Waals surface area contributed by atoms with Crippen molar-refractivity contribution in [3.8, 4) is 5.75 Å². The van der Waals surface area contributed by atoms with Crippen molar-refractivity contribution < 1.29 is 4.74 Å². The fourth-order valence-corrected chi connectivity index (χ4v) is 2.49. The quantitative estimate of drug-likeness (QED) is 0.821. The third kappa shape index (κ3) is 2.50. The number of nitrogens with zero attached hydrogens (tertiary/aromatic N) is 1. The minimum atomic E-state index is 0.866. The van der Waals surface area contributed by atoms with Crippen LogP contribution in [-0.2, 0) is 0 Å². The monoisotopic (exact) mass is 263 g/mol. The minimum Gasteiger partial charge on any atom is -0.496 e. The molecule has 1 heterocycles. The van der Waals surface area contributed by atoms with Crippen molar-refractivity contribution in [3.63, 3.8) is 0 Å². The third-order valence-electron chi connectivity index (χ3n) is 3.47. The molecular formula is C18H17NO. The average molecular weight is 263 g/mol. The van der Waals surface area contributed by atoms with E-state index in [0.717, 1.165) is 30.0 Å². The van der Waals surface area contributed by atoms with Crippen LogP contribution in [0.5, 0.6) is 5.75 Å². The van der Waals surface area contributed by atoms with Crippen LogP contribution in [0.3, 0.4) is 0 Å². The van der Waals surface area contributed by atoms with Gasteiger partial charge in [-0.1, -0.05) is 48.5 Å². The largest absolute Gasteiger partial charge is 0.496 e. The zero-order valence-corrected chi connectivity index (χ0v) is 11.5. The van der Waals surface area contributed by atoms with Crippen molar-refractivity contribution in [1.29, 1.82) is 0 Å². The molecule has 0 atom stereocenters. The molecule has 1 aliphatic rings. The van der Waals surface area contributed by atoms with Crippen LogP contribution >= 0.6 is 0 Å². The van der Waals surface area contributed by atoms with Crippen molar-refractivity contribution in [2.24, 2.45) is 4.99 Å². The summed E-state index contributed by atoms with van der Waals surface area (Å²) < 4.78 is 5.41. The van der Waals surface area contributed by atoms with Gasteiger partial charge >= 0.3 is 0 Å². The van der Waals surface area contributed by atoms with Crippen LogP contribution < -0.4 is 4.74 Å². The average Bonchev–Trinajstić information content (AvgIpc) is 2.97. The molecule has 0 fully saturated rings. The molecule has 0 N–H and O–H groups in total. The van der Waals surface area contributed by atoms with Crippen molar-refractivity contribution in [1.82, 2.24) is 0 Å². The lowest BCUT2D eigenvalue weighted by Crippen LogP contribution is -2.00. The van der Waals surface area contributed by atoms with Gasteiger partial charge < -0.3 is 4.74 Å². The maximum Gasteiger partial charge on any atom is 0.126 e. The Hall–Kier alpha value is -2.35. The van der Waals surface area contributed by atoms with Gasteiger partial charge in [0.05, 0.1) is 12.8 Å². The fourth-order valence-electron chi connectivity index (χ4n) is 2.49. The highest BCUT2D eigenvalue weighted by atomic mass is 16.5. The molecule has 3 rings (SSSR count). The Morgan fingerprint density at radius 2 is 1.75 bits per heavy atom. The van der Waals surface area contributed by atoms with E-state index in [1.54, 1.807) is 7.11 Å². The lowest BCUT2D eigenvalue weighted by atomic mass is 9.99. The summed E-state index contributed by atoms with van der Waals surface area (Å²) in [5.41, 5.74) is 4.68. The Labute approximate surface area is 119 Å². The second-order valence-corrected chi connectivity index (χ2v) is 4.76. The smallest absolute Gasteiger partial charge is 0.126 e. The normalized spacial score (nSPS) is 16.2. The van der Waals surface area contributed by atoms with Crippen LogP contribution in [0, 0.1) is 0 Å². The van der Waals surface area contributed by atoms with Crippen LogP contribution in [0.15, 0.2) is 65.2 Å². The number of para-hydroxylation sites is 1. The molecule has 20 heavy (non-hydrogen) atoms. The lowest BCUT2D eigenvalue weighted by Gasteiger charge is -2.07. The van der Waals surface area contributed by atoms with E-state index in [1.807, 2.05) is 24.3 Å². The summed E-state index contributed by atoms with van der Waals surface area (Å²) in [6, 6.07) is 18.4. The number of ether oxygens (including phenoxy) is 1. The Kier molecular flexibility index (Phi) is 3.64. The Balaban J connectivity index is 1.98. The lowest BCUT2D eigenvalue weighted by molar-refractivity contribution is 0.414. The van der Waals surface area contributed by atoms with Gasteiger partial charge in [-0.05, 0) is 29.7 Å². The first-order chi connectivity index (χ1) is 9.88. The summed E-state index contributed by atoms with van der Waals surface area (Å²) >= 11 is 0. The topological polar surface area (TPSA) is 21.6 Å². The van der Waals surface area contributed by atoms with Gasteiger partial charge in [0.25, 0.3) is 0 Å². The fraction of sp³-hybridized carbons (Fsp3) is 0.167. The highest BCUT2D eigenvalue weighted by Crippen LogP contribution is 2.26. The van der Waals surface area contributed by atoms with Crippen molar-refractivity contribution >= 4 is 11.8 Å². The van der Waals surface area contributed by atoms with Gasteiger partial charge in [0.1, 0.15) is 5.75 Å². The predicted octanol–water partition coefficient (Wildman–Crippen LogP) is 3.97. The molecule has 0 unspecified atom stereocenters. The molecule has 0 aliphatic carbocycles. The number of hydrogen-bond acceptors (Lipinski definition) is 2. The molecular weight excluding hydrogens is 246 g/mol. The molecule has 0 amide bonds. The summed E-state index contributed by atoms with van der Waals surface area (Å²) in [5.74, 6) is 0.902. The molecule has 2 nitrogen and oxygen atoms in total. The molecule has 1 aliphatic heterocycles. The second-order valence-electron chi connectivity index (χ2n) is 4.76. The van der Waals surface area contributed by atoms with E-state index in [1.165, 1.54) is 11.1 Å². The molecule has 2 aromatic carbocycles. The number of hydrogen-bond donors (Lipinski definition) is 0. The summed E-state index contributed by atoms with van der Waals surface area (Å²) in [4.78, 5) is 4.65. The summed E-state index contributed by atoms with van der Waals surface area (Å²) in [5, 5.41) is 0. The van der Waals surface area contributed by atoms with E-state index >= 15 is 0 Å². The van der Waals surface area contributed by atoms with Gasteiger partial charge in [-0.25, -0.2) is 0 Å². The molecule has 2 heteroatoms. The SMILES string of the molecule is COc1ccccc1/C=C1/CCN=C1c1ccccc1. The van der Waals surface area contributed by atoms with Crippen LogP contribution in [-0.4, -0.2) is 19.4 Å². The van der Waals surface area contributed by atoms with Gasteiger partial charge in [0.2, 0.25) is 0 Å². The van der Waals surface area contributed by atoms with Gasteiger partial charge in [-0.15, -0.1) is 0 Å². The van der Waals surface area contributed by atoms with Gasteiger partial charge in [-0.3, -0.25) is 4.99 Å². The zero-order chi connectivity index (χ0) is 13.8. The minimum absolute atomic E-state index is 0.866. The molecule has 0 radical (unpaired) electrons. The molecule has 0 spiro atoms. The zero-order valence-electron chi connectivity index (χ0n) is 11.5. The molecule has 100 valence electrons. The van der Waals surface area contributed by atoms with Crippen LogP contribution in [0.25, 0.3) is 6.08 Å². The van der Waals surface area contributed by atoms with Gasteiger partial charge in [0, 0.05) is 12.1 Å². The number of aliphatic imine (C=N–C) groups is 1. The summed E-state index contributed by atoms with van der Waals surface area (Å²) in [7, 11) is 1.71. The van der Waals surface area contributed by atoms with E-state index in [2.05, 4.69) is 41.4 Å². The third-order valence-corrected chi connectivity index (χ3v) is 3.47. The first-order valence-electron chi connectivity index (χ1n) is 6.82.